The molecule has 158 valence electrons. The van der Waals surface area contributed by atoms with E-state index in [2.05, 4.69) is 51.6 Å². The van der Waals surface area contributed by atoms with Crippen LogP contribution >= 0.6 is 15.9 Å². The first-order valence-corrected chi connectivity index (χ1v) is 12.2. The minimum atomic E-state index is 0.0908. The van der Waals surface area contributed by atoms with Crippen LogP contribution in [0.3, 0.4) is 0 Å². The SMILES string of the molecule is Oc1ccc(Br)cc1C1Nc2ccc(OCCC3CCCCC3)cc2C2C=CCC21. The van der Waals surface area contributed by atoms with Crippen LogP contribution in [-0.4, -0.2) is 11.7 Å². The fourth-order valence-electron chi connectivity index (χ4n) is 5.56. The van der Waals surface area contributed by atoms with Crippen molar-refractivity contribution in [2.45, 2.75) is 56.9 Å². The molecule has 1 heterocycles. The second-order valence-corrected chi connectivity index (χ2v) is 9.98. The van der Waals surface area contributed by atoms with Crippen LogP contribution in [0.2, 0.25) is 0 Å². The summed E-state index contributed by atoms with van der Waals surface area (Å²) in [5, 5.41) is 14.2. The van der Waals surface area contributed by atoms with Crippen molar-refractivity contribution in [1.82, 2.24) is 0 Å². The zero-order valence-corrected chi connectivity index (χ0v) is 18.9. The molecule has 1 fully saturated rings. The number of halogens is 1. The summed E-state index contributed by atoms with van der Waals surface area (Å²) in [6.07, 6.45) is 13.7. The molecule has 0 amide bonds. The Balaban J connectivity index is 1.34. The van der Waals surface area contributed by atoms with Gasteiger partial charge < -0.3 is 15.2 Å². The van der Waals surface area contributed by atoms with Crippen LogP contribution in [0.15, 0.2) is 53.0 Å². The molecule has 0 aromatic heterocycles. The van der Waals surface area contributed by atoms with Gasteiger partial charge >= 0.3 is 0 Å². The first-order valence-electron chi connectivity index (χ1n) is 11.4. The van der Waals surface area contributed by atoms with E-state index in [1.807, 2.05) is 12.1 Å². The molecule has 3 nitrogen and oxygen atoms in total. The molecule has 2 aromatic rings. The average molecular weight is 468 g/mol. The summed E-state index contributed by atoms with van der Waals surface area (Å²) in [6, 6.07) is 12.3. The van der Waals surface area contributed by atoms with E-state index in [4.69, 9.17) is 4.74 Å². The summed E-state index contributed by atoms with van der Waals surface area (Å²) in [5.74, 6) is 2.93. The normalized spacial score (nSPS) is 25.4. The Hall–Kier alpha value is -1.94. The van der Waals surface area contributed by atoms with Crippen molar-refractivity contribution in [3.63, 3.8) is 0 Å². The number of hydrogen-bond acceptors (Lipinski definition) is 3. The van der Waals surface area contributed by atoms with Gasteiger partial charge in [0.05, 0.1) is 12.6 Å². The molecule has 0 radical (unpaired) electrons. The van der Waals surface area contributed by atoms with Crippen LogP contribution in [0.25, 0.3) is 0 Å². The molecule has 30 heavy (non-hydrogen) atoms. The van der Waals surface area contributed by atoms with Gasteiger partial charge in [0.15, 0.2) is 0 Å². The average Bonchev–Trinajstić information content (AvgIpc) is 3.26. The molecular weight excluding hydrogens is 438 g/mol. The highest BCUT2D eigenvalue weighted by Gasteiger charge is 2.39. The van der Waals surface area contributed by atoms with Crippen LogP contribution < -0.4 is 10.1 Å². The third-order valence-corrected chi connectivity index (χ3v) is 7.67. The van der Waals surface area contributed by atoms with Gasteiger partial charge in [-0.05, 0) is 66.6 Å². The van der Waals surface area contributed by atoms with Crippen molar-refractivity contribution < 1.29 is 9.84 Å². The first kappa shape index (κ1) is 20.0. The van der Waals surface area contributed by atoms with Gasteiger partial charge in [-0.15, -0.1) is 0 Å². The van der Waals surface area contributed by atoms with Gasteiger partial charge in [0, 0.05) is 21.6 Å². The quantitative estimate of drug-likeness (QED) is 0.452. The predicted molar refractivity (Wildman–Crippen MR) is 125 cm³/mol. The van der Waals surface area contributed by atoms with E-state index in [0.29, 0.717) is 17.6 Å². The number of aromatic hydroxyl groups is 1. The molecule has 2 aromatic carbocycles. The van der Waals surface area contributed by atoms with Gasteiger partial charge in [-0.1, -0.05) is 60.2 Å². The molecule has 2 N–H and O–H groups in total. The zero-order chi connectivity index (χ0) is 20.5. The number of nitrogens with one attached hydrogen (secondary N) is 1. The van der Waals surface area contributed by atoms with E-state index in [0.717, 1.165) is 40.4 Å². The van der Waals surface area contributed by atoms with Crippen LogP contribution in [0.1, 0.15) is 68.0 Å². The molecule has 2 aliphatic carbocycles. The summed E-state index contributed by atoms with van der Waals surface area (Å²) >= 11 is 3.56. The van der Waals surface area contributed by atoms with Crippen molar-refractivity contribution in [3.05, 3.63) is 64.1 Å². The molecule has 0 spiro atoms. The van der Waals surface area contributed by atoms with Crippen molar-refractivity contribution in [2.75, 3.05) is 11.9 Å². The van der Waals surface area contributed by atoms with Gasteiger partial charge in [-0.25, -0.2) is 0 Å². The van der Waals surface area contributed by atoms with E-state index >= 15 is 0 Å². The summed E-state index contributed by atoms with van der Waals surface area (Å²) in [4.78, 5) is 0. The summed E-state index contributed by atoms with van der Waals surface area (Å²) < 4.78 is 7.16. The Bertz CT molecular complexity index is 935. The standard InChI is InChI=1S/C26H30BrNO2/c27-18-9-12-25(29)23(15-18)26-21-8-4-7-20(21)22-16-19(10-11-24(22)28-26)30-14-13-17-5-2-1-3-6-17/h4,7,9-12,15-17,20-21,26,28-29H,1-3,5-6,8,13-14H2. The van der Waals surface area contributed by atoms with Crippen molar-refractivity contribution in [1.29, 1.82) is 0 Å². The number of benzene rings is 2. The smallest absolute Gasteiger partial charge is 0.120 e. The fraction of sp³-hybridized carbons (Fsp3) is 0.462. The van der Waals surface area contributed by atoms with Crippen molar-refractivity contribution in [3.8, 4) is 11.5 Å². The molecular formula is C26H30BrNO2. The highest BCUT2D eigenvalue weighted by atomic mass is 79.9. The minimum Gasteiger partial charge on any atom is -0.508 e. The Labute approximate surface area is 187 Å². The number of phenols is 1. The van der Waals surface area contributed by atoms with E-state index < -0.39 is 0 Å². The number of hydrogen-bond donors (Lipinski definition) is 2. The molecule has 3 atom stereocenters. The van der Waals surface area contributed by atoms with Crippen LogP contribution in [-0.2, 0) is 0 Å². The van der Waals surface area contributed by atoms with E-state index in [9.17, 15) is 5.11 Å². The van der Waals surface area contributed by atoms with Crippen molar-refractivity contribution in [2.24, 2.45) is 11.8 Å². The first-order chi connectivity index (χ1) is 14.7. The highest BCUT2D eigenvalue weighted by molar-refractivity contribution is 9.10. The lowest BCUT2D eigenvalue weighted by atomic mass is 9.77. The maximum absolute atomic E-state index is 10.5. The zero-order valence-electron chi connectivity index (χ0n) is 17.3. The van der Waals surface area contributed by atoms with Gasteiger partial charge in [0.25, 0.3) is 0 Å². The minimum absolute atomic E-state index is 0.0908. The number of anilines is 1. The molecule has 1 aliphatic heterocycles. The highest BCUT2D eigenvalue weighted by Crippen LogP contribution is 2.52. The van der Waals surface area contributed by atoms with Gasteiger partial charge in [-0.2, -0.15) is 0 Å². The van der Waals surface area contributed by atoms with E-state index in [-0.39, 0.29) is 6.04 Å². The molecule has 3 aliphatic rings. The van der Waals surface area contributed by atoms with E-state index in [1.165, 1.54) is 44.1 Å². The van der Waals surface area contributed by atoms with Gasteiger partial charge in [-0.3, -0.25) is 0 Å². The molecule has 0 bridgehead atoms. The number of allylic oxidation sites excluding steroid dienone is 2. The Morgan fingerprint density at radius 3 is 2.77 bits per heavy atom. The van der Waals surface area contributed by atoms with E-state index in [1.54, 1.807) is 6.07 Å². The third kappa shape index (κ3) is 3.99. The maximum Gasteiger partial charge on any atom is 0.120 e. The van der Waals surface area contributed by atoms with Crippen molar-refractivity contribution >= 4 is 21.6 Å². The van der Waals surface area contributed by atoms with Crippen LogP contribution in [0.5, 0.6) is 11.5 Å². The number of rotatable bonds is 5. The number of fused-ring (bicyclic) bond motifs is 3. The maximum atomic E-state index is 10.5. The Morgan fingerprint density at radius 1 is 1.03 bits per heavy atom. The number of ether oxygens (including phenoxy) is 1. The second-order valence-electron chi connectivity index (χ2n) is 9.07. The lowest BCUT2D eigenvalue weighted by Crippen LogP contribution is -2.29. The summed E-state index contributed by atoms with van der Waals surface area (Å²) in [6.45, 7) is 0.815. The molecule has 3 unspecified atom stereocenters. The monoisotopic (exact) mass is 467 g/mol. The van der Waals surface area contributed by atoms with Gasteiger partial charge in [0.1, 0.15) is 11.5 Å². The molecule has 5 rings (SSSR count). The predicted octanol–water partition coefficient (Wildman–Crippen LogP) is 7.33. The van der Waals surface area contributed by atoms with Crippen LogP contribution in [0, 0.1) is 11.8 Å². The third-order valence-electron chi connectivity index (χ3n) is 7.18. The van der Waals surface area contributed by atoms with Gasteiger partial charge in [0.2, 0.25) is 0 Å². The van der Waals surface area contributed by atoms with Crippen LogP contribution in [0.4, 0.5) is 5.69 Å². The Morgan fingerprint density at radius 2 is 1.90 bits per heavy atom. The second kappa shape index (κ2) is 8.66. The summed E-state index contributed by atoms with van der Waals surface area (Å²) in [7, 11) is 0. The topological polar surface area (TPSA) is 41.5 Å². The molecule has 4 heteroatoms. The lowest BCUT2D eigenvalue weighted by Gasteiger charge is -2.38. The lowest BCUT2D eigenvalue weighted by molar-refractivity contribution is 0.246. The summed E-state index contributed by atoms with van der Waals surface area (Å²) in [5.41, 5.74) is 3.42. The number of phenolic OH excluding ortho intramolecular Hbond substituents is 1. The molecule has 1 saturated carbocycles. The fourth-order valence-corrected chi connectivity index (χ4v) is 5.94. The molecule has 0 saturated heterocycles. The largest absolute Gasteiger partial charge is 0.508 e. The Kier molecular flexibility index (Phi) is 5.77.